The van der Waals surface area contributed by atoms with Gasteiger partial charge in [0.1, 0.15) is 0 Å². The molecule has 0 atom stereocenters. The van der Waals surface area contributed by atoms with E-state index in [9.17, 15) is 0 Å². The van der Waals surface area contributed by atoms with Gasteiger partial charge in [-0.1, -0.05) is 0 Å². The van der Waals surface area contributed by atoms with Crippen molar-refractivity contribution in [2.24, 2.45) is 5.73 Å². The monoisotopic (exact) mass is 361 g/mol. The number of ether oxygens (including phenoxy) is 4. The molecule has 0 spiro atoms. The van der Waals surface area contributed by atoms with Crippen LogP contribution in [0.1, 0.15) is 12.0 Å². The molecule has 1 aromatic rings. The number of benzene rings is 1. The maximum absolute atomic E-state index is 5.78. The first kappa shape index (κ1) is 18.2. The number of halogens is 1. The van der Waals surface area contributed by atoms with Gasteiger partial charge in [0.25, 0.3) is 0 Å². The first-order chi connectivity index (χ1) is 10.2. The molecular weight excluding hydrogens is 338 g/mol. The molecule has 2 N–H and O–H groups in total. The van der Waals surface area contributed by atoms with E-state index in [2.05, 4.69) is 15.9 Å². The van der Waals surface area contributed by atoms with Crippen molar-refractivity contribution in [2.45, 2.75) is 12.8 Å². The van der Waals surface area contributed by atoms with Crippen molar-refractivity contribution < 1.29 is 18.9 Å². The summed E-state index contributed by atoms with van der Waals surface area (Å²) in [6.07, 6.45) is 1.62. The van der Waals surface area contributed by atoms with Crippen LogP contribution in [-0.2, 0) is 15.9 Å². The SMILES string of the molecule is COCCOCCCOc1c(Br)cc(CCN)cc1OC. The van der Waals surface area contributed by atoms with E-state index in [0.717, 1.165) is 28.6 Å². The van der Waals surface area contributed by atoms with Crippen molar-refractivity contribution in [1.82, 2.24) is 0 Å². The lowest BCUT2D eigenvalue weighted by molar-refractivity contribution is 0.0642. The zero-order valence-corrected chi connectivity index (χ0v) is 14.3. The van der Waals surface area contributed by atoms with Crippen LogP contribution in [0.3, 0.4) is 0 Å². The fourth-order valence-corrected chi connectivity index (χ4v) is 2.41. The van der Waals surface area contributed by atoms with Gasteiger partial charge in [-0.15, -0.1) is 0 Å². The number of nitrogens with two attached hydrogens (primary N) is 1. The number of rotatable bonds is 11. The topological polar surface area (TPSA) is 62.9 Å². The molecular formula is C15H24BrNO4. The first-order valence-corrected chi connectivity index (χ1v) is 7.78. The summed E-state index contributed by atoms with van der Waals surface area (Å²) in [6, 6.07) is 3.97. The molecule has 1 rings (SSSR count). The van der Waals surface area contributed by atoms with Crippen molar-refractivity contribution in [3.63, 3.8) is 0 Å². The van der Waals surface area contributed by atoms with Gasteiger partial charge >= 0.3 is 0 Å². The maximum Gasteiger partial charge on any atom is 0.175 e. The van der Waals surface area contributed by atoms with Gasteiger partial charge in [-0.05, 0) is 46.6 Å². The van der Waals surface area contributed by atoms with Crippen molar-refractivity contribution >= 4 is 15.9 Å². The first-order valence-electron chi connectivity index (χ1n) is 6.98. The van der Waals surface area contributed by atoms with E-state index >= 15 is 0 Å². The van der Waals surface area contributed by atoms with Crippen LogP contribution in [-0.4, -0.2) is 47.2 Å². The predicted octanol–water partition coefficient (Wildman–Crippen LogP) is 2.39. The standard InChI is InChI=1S/C15H24BrNO4/c1-18-8-9-20-6-3-7-21-15-13(16)10-12(4-5-17)11-14(15)19-2/h10-11H,3-9,17H2,1-2H3. The molecule has 0 bridgehead atoms. The summed E-state index contributed by atoms with van der Waals surface area (Å²) in [7, 11) is 3.29. The molecule has 0 saturated carbocycles. The molecule has 0 saturated heterocycles. The van der Waals surface area contributed by atoms with Crippen LogP contribution in [0.15, 0.2) is 16.6 Å². The lowest BCUT2D eigenvalue weighted by atomic mass is 10.1. The highest BCUT2D eigenvalue weighted by Gasteiger charge is 2.11. The Bertz CT molecular complexity index is 415. The molecule has 0 aliphatic rings. The predicted molar refractivity (Wildman–Crippen MR) is 86.3 cm³/mol. The van der Waals surface area contributed by atoms with Gasteiger partial charge in [0.15, 0.2) is 11.5 Å². The number of methoxy groups -OCH3 is 2. The van der Waals surface area contributed by atoms with Gasteiger partial charge in [-0.25, -0.2) is 0 Å². The minimum Gasteiger partial charge on any atom is -0.493 e. The van der Waals surface area contributed by atoms with Crippen LogP contribution < -0.4 is 15.2 Å². The highest BCUT2D eigenvalue weighted by Crippen LogP contribution is 2.36. The Balaban J connectivity index is 2.46. The number of hydrogen-bond donors (Lipinski definition) is 1. The van der Waals surface area contributed by atoms with E-state index in [1.165, 1.54) is 0 Å². The Morgan fingerprint density at radius 3 is 2.57 bits per heavy atom. The molecule has 6 heteroatoms. The van der Waals surface area contributed by atoms with Crippen molar-refractivity contribution in [3.8, 4) is 11.5 Å². The lowest BCUT2D eigenvalue weighted by Crippen LogP contribution is -2.08. The van der Waals surface area contributed by atoms with E-state index < -0.39 is 0 Å². The van der Waals surface area contributed by atoms with Crippen LogP contribution in [0.2, 0.25) is 0 Å². The zero-order valence-electron chi connectivity index (χ0n) is 12.7. The van der Waals surface area contributed by atoms with Crippen LogP contribution in [0, 0.1) is 0 Å². The molecule has 0 radical (unpaired) electrons. The van der Waals surface area contributed by atoms with E-state index in [1.807, 2.05) is 12.1 Å². The molecule has 0 amide bonds. The maximum atomic E-state index is 5.78. The second kappa shape index (κ2) is 10.8. The van der Waals surface area contributed by atoms with Crippen LogP contribution in [0.4, 0.5) is 0 Å². The third kappa shape index (κ3) is 6.65. The van der Waals surface area contributed by atoms with E-state index in [1.54, 1.807) is 14.2 Å². The van der Waals surface area contributed by atoms with Gasteiger partial charge in [-0.3, -0.25) is 0 Å². The van der Waals surface area contributed by atoms with Crippen molar-refractivity contribution in [2.75, 3.05) is 47.2 Å². The van der Waals surface area contributed by atoms with Gasteiger partial charge < -0.3 is 24.7 Å². The highest BCUT2D eigenvalue weighted by molar-refractivity contribution is 9.10. The summed E-state index contributed by atoms with van der Waals surface area (Å²) in [4.78, 5) is 0. The second-order valence-corrected chi connectivity index (χ2v) is 5.31. The third-order valence-corrected chi connectivity index (χ3v) is 3.42. The molecule has 0 fully saturated rings. The third-order valence-electron chi connectivity index (χ3n) is 2.83. The molecule has 5 nitrogen and oxygen atoms in total. The van der Waals surface area contributed by atoms with E-state index in [4.69, 9.17) is 24.7 Å². The second-order valence-electron chi connectivity index (χ2n) is 4.45. The Kier molecular flexibility index (Phi) is 9.41. The van der Waals surface area contributed by atoms with Gasteiger partial charge in [-0.2, -0.15) is 0 Å². The summed E-state index contributed by atoms with van der Waals surface area (Å²) in [6.45, 7) is 3.04. The van der Waals surface area contributed by atoms with Crippen molar-refractivity contribution in [3.05, 3.63) is 22.2 Å². The molecule has 0 aromatic heterocycles. The summed E-state index contributed by atoms with van der Waals surface area (Å²) >= 11 is 3.52. The summed E-state index contributed by atoms with van der Waals surface area (Å²) in [5.74, 6) is 1.43. The van der Waals surface area contributed by atoms with Crippen LogP contribution in [0.25, 0.3) is 0 Å². The minimum absolute atomic E-state index is 0.568. The Hall–Kier alpha value is -0.820. The quantitative estimate of drug-likeness (QED) is 0.613. The largest absolute Gasteiger partial charge is 0.493 e. The van der Waals surface area contributed by atoms with E-state index in [-0.39, 0.29) is 0 Å². The number of hydrogen-bond acceptors (Lipinski definition) is 5. The van der Waals surface area contributed by atoms with Gasteiger partial charge in [0, 0.05) is 20.1 Å². The fraction of sp³-hybridized carbons (Fsp3) is 0.600. The van der Waals surface area contributed by atoms with Crippen molar-refractivity contribution in [1.29, 1.82) is 0 Å². The minimum atomic E-state index is 0.568. The average molecular weight is 362 g/mol. The Morgan fingerprint density at radius 2 is 1.90 bits per heavy atom. The summed E-state index contributed by atoms with van der Waals surface area (Å²) in [5, 5.41) is 0. The molecule has 1 aromatic carbocycles. The fourth-order valence-electron chi connectivity index (χ4n) is 1.80. The lowest BCUT2D eigenvalue weighted by Gasteiger charge is -2.14. The molecule has 0 unspecified atom stereocenters. The Labute approximate surface area is 134 Å². The Morgan fingerprint density at radius 1 is 1.10 bits per heavy atom. The van der Waals surface area contributed by atoms with Gasteiger partial charge in [0.05, 0.1) is 31.4 Å². The molecule has 0 heterocycles. The van der Waals surface area contributed by atoms with Gasteiger partial charge in [0.2, 0.25) is 0 Å². The average Bonchev–Trinajstić information content (AvgIpc) is 2.48. The van der Waals surface area contributed by atoms with Crippen LogP contribution in [0.5, 0.6) is 11.5 Å². The molecule has 120 valence electrons. The summed E-state index contributed by atoms with van der Waals surface area (Å²) < 4.78 is 22.3. The van der Waals surface area contributed by atoms with Crippen LogP contribution >= 0.6 is 15.9 Å². The highest BCUT2D eigenvalue weighted by atomic mass is 79.9. The summed E-state index contributed by atoms with van der Waals surface area (Å²) in [5.41, 5.74) is 6.70. The molecule has 0 aliphatic carbocycles. The smallest absolute Gasteiger partial charge is 0.175 e. The molecule has 21 heavy (non-hydrogen) atoms. The normalized spacial score (nSPS) is 10.7. The molecule has 0 aliphatic heterocycles. The van der Waals surface area contributed by atoms with E-state index in [0.29, 0.717) is 38.7 Å². The zero-order chi connectivity index (χ0) is 15.5.